The van der Waals surface area contributed by atoms with Crippen LogP contribution in [-0.4, -0.2) is 56.2 Å². The molecule has 1 atom stereocenters. The normalized spacial score (nSPS) is 19.1. The first-order chi connectivity index (χ1) is 16.4. The monoisotopic (exact) mass is 485 g/mol. The molecule has 0 bridgehead atoms. The van der Waals surface area contributed by atoms with E-state index >= 15 is 0 Å². The molecule has 0 aromatic heterocycles. The van der Waals surface area contributed by atoms with Gasteiger partial charge in [0.15, 0.2) is 6.61 Å². The standard InChI is InChI=1S/C24H27N3O6S/c28-22(25-19-11-4-5-12-20(19)26-15-8-14-23(26)29)17-33-24(30)21-13-6-7-16-27(21)34(31,32)18-9-2-1-3-10-18/h1-5,9-12,21H,6-8,13-17H2,(H,25,28). The fourth-order valence-electron chi connectivity index (χ4n) is 4.29. The second-order valence-electron chi connectivity index (χ2n) is 8.26. The first-order valence-corrected chi connectivity index (χ1v) is 12.7. The van der Waals surface area contributed by atoms with E-state index in [9.17, 15) is 22.8 Å². The molecular weight excluding hydrogens is 458 g/mol. The van der Waals surface area contributed by atoms with Crippen LogP contribution in [0.4, 0.5) is 11.4 Å². The Morgan fingerprint density at radius 3 is 2.44 bits per heavy atom. The van der Waals surface area contributed by atoms with Crippen molar-refractivity contribution in [3.05, 3.63) is 54.6 Å². The zero-order valence-electron chi connectivity index (χ0n) is 18.7. The molecule has 2 aromatic rings. The number of hydrogen-bond acceptors (Lipinski definition) is 6. The van der Waals surface area contributed by atoms with Crippen molar-refractivity contribution in [2.75, 3.05) is 29.9 Å². The highest BCUT2D eigenvalue weighted by molar-refractivity contribution is 7.89. The lowest BCUT2D eigenvalue weighted by Gasteiger charge is -2.32. The summed E-state index contributed by atoms with van der Waals surface area (Å²) in [6.45, 7) is 0.228. The summed E-state index contributed by atoms with van der Waals surface area (Å²) in [6, 6.07) is 13.9. The molecule has 2 saturated heterocycles. The Labute approximate surface area is 198 Å². The van der Waals surface area contributed by atoms with Gasteiger partial charge in [0.1, 0.15) is 6.04 Å². The van der Waals surface area contributed by atoms with Crippen molar-refractivity contribution in [2.24, 2.45) is 0 Å². The molecule has 0 spiro atoms. The van der Waals surface area contributed by atoms with Gasteiger partial charge in [0.05, 0.1) is 16.3 Å². The van der Waals surface area contributed by atoms with Crippen LogP contribution in [0.5, 0.6) is 0 Å². The Morgan fingerprint density at radius 1 is 0.971 bits per heavy atom. The zero-order valence-corrected chi connectivity index (χ0v) is 19.5. The molecule has 1 N–H and O–H groups in total. The van der Waals surface area contributed by atoms with Gasteiger partial charge in [-0.1, -0.05) is 30.3 Å². The van der Waals surface area contributed by atoms with Gasteiger partial charge in [-0.2, -0.15) is 4.31 Å². The minimum atomic E-state index is -3.87. The minimum absolute atomic E-state index is 0.00913. The average Bonchev–Trinajstić information content (AvgIpc) is 3.29. The number of carbonyl (C=O) groups excluding carboxylic acids is 3. The predicted octanol–water partition coefficient (Wildman–Crippen LogP) is 2.54. The third-order valence-corrected chi connectivity index (χ3v) is 7.89. The van der Waals surface area contributed by atoms with Crippen LogP contribution in [0.1, 0.15) is 32.1 Å². The van der Waals surface area contributed by atoms with E-state index in [1.807, 2.05) is 0 Å². The zero-order chi connectivity index (χ0) is 24.1. The number of rotatable bonds is 7. The highest BCUT2D eigenvalue weighted by Gasteiger charge is 2.38. The van der Waals surface area contributed by atoms with Crippen molar-refractivity contribution in [1.29, 1.82) is 0 Å². The lowest BCUT2D eigenvalue weighted by atomic mass is 10.1. The molecule has 180 valence electrons. The SMILES string of the molecule is O=C(COC(=O)C1CCCCN1S(=O)(=O)c1ccccc1)Nc1ccccc1N1CCCC1=O. The molecule has 2 aromatic carbocycles. The fourth-order valence-corrected chi connectivity index (χ4v) is 5.96. The van der Waals surface area contributed by atoms with Crippen LogP contribution < -0.4 is 10.2 Å². The maximum atomic E-state index is 13.1. The molecule has 0 radical (unpaired) electrons. The Bertz CT molecular complexity index is 1170. The van der Waals surface area contributed by atoms with Gasteiger partial charge < -0.3 is 15.0 Å². The molecule has 2 amide bonds. The lowest BCUT2D eigenvalue weighted by Crippen LogP contribution is -2.48. The van der Waals surface area contributed by atoms with Gasteiger partial charge in [0.2, 0.25) is 15.9 Å². The number of sulfonamides is 1. The van der Waals surface area contributed by atoms with Gasteiger partial charge in [0, 0.05) is 19.5 Å². The van der Waals surface area contributed by atoms with Gasteiger partial charge >= 0.3 is 5.97 Å². The van der Waals surface area contributed by atoms with E-state index in [1.165, 1.54) is 16.4 Å². The van der Waals surface area contributed by atoms with E-state index in [1.54, 1.807) is 47.4 Å². The topological polar surface area (TPSA) is 113 Å². The molecule has 0 saturated carbocycles. The molecule has 10 heteroatoms. The smallest absolute Gasteiger partial charge is 0.324 e. The summed E-state index contributed by atoms with van der Waals surface area (Å²) < 4.78 is 32.5. The average molecular weight is 486 g/mol. The van der Waals surface area contributed by atoms with E-state index in [4.69, 9.17) is 4.74 Å². The van der Waals surface area contributed by atoms with Crippen molar-refractivity contribution in [3.8, 4) is 0 Å². The quantitative estimate of drug-likeness (QED) is 0.603. The molecule has 4 rings (SSSR count). The minimum Gasteiger partial charge on any atom is -0.454 e. The number of carbonyl (C=O) groups is 3. The van der Waals surface area contributed by atoms with Crippen molar-refractivity contribution >= 4 is 39.2 Å². The number of para-hydroxylation sites is 2. The van der Waals surface area contributed by atoms with E-state index in [-0.39, 0.29) is 17.3 Å². The molecule has 2 heterocycles. The molecule has 9 nitrogen and oxygen atoms in total. The Morgan fingerprint density at radius 2 is 1.71 bits per heavy atom. The number of ether oxygens (including phenoxy) is 1. The maximum absolute atomic E-state index is 13.1. The number of amides is 2. The third-order valence-electron chi connectivity index (χ3n) is 5.96. The van der Waals surface area contributed by atoms with Crippen LogP contribution in [0.3, 0.4) is 0 Å². The molecule has 2 fully saturated rings. The summed E-state index contributed by atoms with van der Waals surface area (Å²) in [7, 11) is -3.87. The van der Waals surface area contributed by atoms with Crippen LogP contribution in [0.25, 0.3) is 0 Å². The lowest BCUT2D eigenvalue weighted by molar-refractivity contribution is -0.152. The van der Waals surface area contributed by atoms with Crippen molar-refractivity contribution < 1.29 is 27.5 Å². The number of benzene rings is 2. The van der Waals surface area contributed by atoms with Crippen molar-refractivity contribution in [3.63, 3.8) is 0 Å². The van der Waals surface area contributed by atoms with E-state index in [0.29, 0.717) is 43.6 Å². The summed E-state index contributed by atoms with van der Waals surface area (Å²) in [5, 5.41) is 2.69. The summed E-state index contributed by atoms with van der Waals surface area (Å²) in [5.74, 6) is -1.33. The highest BCUT2D eigenvalue weighted by atomic mass is 32.2. The number of nitrogens with one attached hydrogen (secondary N) is 1. The van der Waals surface area contributed by atoms with E-state index < -0.39 is 34.5 Å². The highest BCUT2D eigenvalue weighted by Crippen LogP contribution is 2.29. The third kappa shape index (κ3) is 5.13. The van der Waals surface area contributed by atoms with Crippen LogP contribution in [0.15, 0.2) is 59.5 Å². The number of hydrogen-bond donors (Lipinski definition) is 1. The van der Waals surface area contributed by atoms with Gasteiger partial charge in [-0.3, -0.25) is 14.4 Å². The van der Waals surface area contributed by atoms with Gasteiger partial charge in [-0.25, -0.2) is 8.42 Å². The summed E-state index contributed by atoms with van der Waals surface area (Å²) >= 11 is 0. The van der Waals surface area contributed by atoms with Crippen LogP contribution in [0, 0.1) is 0 Å². The Kier molecular flexibility index (Phi) is 7.28. The second kappa shape index (κ2) is 10.4. The van der Waals surface area contributed by atoms with Crippen LogP contribution in [0.2, 0.25) is 0 Å². The van der Waals surface area contributed by atoms with Gasteiger partial charge in [-0.15, -0.1) is 0 Å². The molecule has 34 heavy (non-hydrogen) atoms. The van der Waals surface area contributed by atoms with Crippen LogP contribution in [-0.2, 0) is 29.1 Å². The maximum Gasteiger partial charge on any atom is 0.324 e. The number of esters is 1. The first-order valence-electron chi connectivity index (χ1n) is 11.3. The van der Waals surface area contributed by atoms with E-state index in [0.717, 1.165) is 6.42 Å². The Hall–Kier alpha value is -3.24. The number of nitrogens with zero attached hydrogens (tertiary/aromatic N) is 2. The second-order valence-corrected chi connectivity index (χ2v) is 10.2. The molecule has 0 aliphatic carbocycles. The summed E-state index contributed by atoms with van der Waals surface area (Å²) in [6.07, 6.45) is 2.87. The molecular formula is C24H27N3O6S. The Balaban J connectivity index is 1.40. The predicted molar refractivity (Wildman–Crippen MR) is 126 cm³/mol. The summed E-state index contributed by atoms with van der Waals surface area (Å²) in [5.41, 5.74) is 1.04. The number of piperidine rings is 1. The summed E-state index contributed by atoms with van der Waals surface area (Å²) in [4.78, 5) is 39.2. The van der Waals surface area contributed by atoms with Crippen LogP contribution >= 0.6 is 0 Å². The van der Waals surface area contributed by atoms with E-state index in [2.05, 4.69) is 5.32 Å². The first kappa shape index (κ1) is 23.9. The van der Waals surface area contributed by atoms with Crippen molar-refractivity contribution in [1.82, 2.24) is 4.31 Å². The van der Waals surface area contributed by atoms with Gasteiger partial charge in [-0.05, 0) is 49.9 Å². The fraction of sp³-hybridized carbons (Fsp3) is 0.375. The molecule has 1 unspecified atom stereocenters. The number of anilines is 2. The van der Waals surface area contributed by atoms with Crippen molar-refractivity contribution in [2.45, 2.75) is 43.0 Å². The molecule has 2 aliphatic rings. The molecule has 2 aliphatic heterocycles. The largest absolute Gasteiger partial charge is 0.454 e. The van der Waals surface area contributed by atoms with Gasteiger partial charge in [0.25, 0.3) is 5.91 Å².